The van der Waals surface area contributed by atoms with Crippen LogP contribution in [0.2, 0.25) is 0 Å². The molecule has 4 nitrogen and oxygen atoms in total. The Morgan fingerprint density at radius 1 is 1.00 bits per heavy atom. The van der Waals surface area contributed by atoms with E-state index in [1.54, 1.807) is 0 Å². The Hall–Kier alpha value is -2.36. The van der Waals surface area contributed by atoms with Crippen molar-refractivity contribution in [1.82, 2.24) is 0 Å². The number of carbonyl (C=O) groups is 1. The molecule has 1 aromatic rings. The fourth-order valence-corrected chi connectivity index (χ4v) is 4.42. The molecule has 2 unspecified atom stereocenters. The van der Waals surface area contributed by atoms with Crippen molar-refractivity contribution < 1.29 is 13.9 Å². The summed E-state index contributed by atoms with van der Waals surface area (Å²) in [6.45, 7) is 0. The minimum Gasteiger partial charge on any atom is -0.459 e. The van der Waals surface area contributed by atoms with Crippen molar-refractivity contribution in [3.63, 3.8) is 0 Å². The topological polar surface area (TPSA) is 56.5 Å². The van der Waals surface area contributed by atoms with Gasteiger partial charge in [-0.1, -0.05) is 24.3 Å². The molecule has 5 rings (SSSR count). The Bertz CT molecular complexity index is 988. The van der Waals surface area contributed by atoms with Gasteiger partial charge in [-0.25, -0.2) is 9.59 Å². The molecule has 25 heavy (non-hydrogen) atoms. The Labute approximate surface area is 145 Å². The van der Waals surface area contributed by atoms with Crippen LogP contribution in [0.25, 0.3) is 11.1 Å². The molecule has 2 atom stereocenters. The smallest absolute Gasteiger partial charge is 0.339 e. The van der Waals surface area contributed by atoms with Crippen molar-refractivity contribution in [2.24, 2.45) is 11.8 Å². The summed E-state index contributed by atoms with van der Waals surface area (Å²) in [5, 5.41) is 0.781. The number of fused-ring (bicyclic) bond motifs is 4. The maximum Gasteiger partial charge on any atom is 0.339 e. The average Bonchev–Trinajstić information content (AvgIpc) is 3.45. The monoisotopic (exact) mass is 336 g/mol. The minimum atomic E-state index is -0.481. The summed E-state index contributed by atoms with van der Waals surface area (Å²) in [6.07, 6.45) is 14.6. The van der Waals surface area contributed by atoms with Crippen molar-refractivity contribution in [2.75, 3.05) is 0 Å². The first-order valence-electron chi connectivity index (χ1n) is 9.19. The van der Waals surface area contributed by atoms with E-state index in [0.717, 1.165) is 54.9 Å². The molecule has 4 heteroatoms. The van der Waals surface area contributed by atoms with Crippen LogP contribution in [0.3, 0.4) is 0 Å². The van der Waals surface area contributed by atoms with Gasteiger partial charge in [-0.3, -0.25) is 0 Å². The van der Waals surface area contributed by atoms with Crippen LogP contribution >= 0.6 is 0 Å². The van der Waals surface area contributed by atoms with E-state index in [4.69, 9.17) is 9.15 Å². The number of ether oxygens (including phenoxy) is 1. The number of hydrogen-bond donors (Lipinski definition) is 0. The van der Waals surface area contributed by atoms with E-state index >= 15 is 0 Å². The summed E-state index contributed by atoms with van der Waals surface area (Å²) in [6, 6.07) is 1.31. The van der Waals surface area contributed by atoms with E-state index in [0.29, 0.717) is 22.8 Å². The highest BCUT2D eigenvalue weighted by molar-refractivity contribution is 5.92. The number of carbonyl (C=O) groups excluding carboxylic acids is 1. The lowest BCUT2D eigenvalue weighted by Crippen LogP contribution is -2.45. The molecule has 1 saturated carbocycles. The molecule has 0 radical (unpaired) electrons. The molecule has 0 saturated heterocycles. The van der Waals surface area contributed by atoms with Gasteiger partial charge in [-0.05, 0) is 61.5 Å². The highest BCUT2D eigenvalue weighted by Crippen LogP contribution is 2.41. The maximum atomic E-state index is 12.7. The van der Waals surface area contributed by atoms with E-state index in [1.165, 1.54) is 6.07 Å². The summed E-state index contributed by atoms with van der Waals surface area (Å²) in [5.74, 6) is 0.364. The molecule has 128 valence electrons. The van der Waals surface area contributed by atoms with Gasteiger partial charge in [0.05, 0.1) is 5.56 Å². The maximum absolute atomic E-state index is 12.7. The largest absolute Gasteiger partial charge is 0.459 e. The zero-order valence-electron chi connectivity index (χ0n) is 14.0. The van der Waals surface area contributed by atoms with E-state index in [2.05, 4.69) is 24.3 Å². The minimum absolute atomic E-state index is 0.0108. The second-order valence-corrected chi connectivity index (χ2v) is 7.37. The van der Waals surface area contributed by atoms with Crippen LogP contribution < -0.4 is 16.3 Å². The van der Waals surface area contributed by atoms with Crippen LogP contribution in [0.4, 0.5) is 0 Å². The molecule has 0 aliphatic heterocycles. The molecule has 0 bridgehead atoms. The zero-order chi connectivity index (χ0) is 17.0. The Kier molecular flexibility index (Phi) is 3.34. The van der Waals surface area contributed by atoms with E-state index < -0.39 is 11.6 Å². The Morgan fingerprint density at radius 2 is 1.68 bits per heavy atom. The third-order valence-electron chi connectivity index (χ3n) is 5.70. The SMILES string of the molecule is O=C(OC1CC1)c1cc(=O)oc2c1=C1C=CCCC1C1CCC=CC=21. The van der Waals surface area contributed by atoms with Crippen LogP contribution in [-0.4, -0.2) is 12.1 Å². The molecule has 0 aromatic carbocycles. The number of esters is 1. The molecule has 1 heterocycles. The summed E-state index contributed by atoms with van der Waals surface area (Å²) in [4.78, 5) is 24.8. The first-order chi connectivity index (χ1) is 12.2. The first-order valence-corrected chi connectivity index (χ1v) is 9.19. The Balaban J connectivity index is 1.85. The van der Waals surface area contributed by atoms with Crippen molar-refractivity contribution in [3.05, 3.63) is 57.0 Å². The first kappa shape index (κ1) is 14.9. The second-order valence-electron chi connectivity index (χ2n) is 7.37. The zero-order valence-corrected chi connectivity index (χ0v) is 14.0. The lowest BCUT2D eigenvalue weighted by Gasteiger charge is -2.35. The standard InChI is InChI=1S/C21H20O4/c22-18-11-17(21(23)24-12-9-10-12)19-15-7-3-1-5-13(15)14-6-2-4-8-16(14)20(19)25-18/h3-4,7-8,11-14H,1-2,5-6,9-10H2. The highest BCUT2D eigenvalue weighted by Gasteiger charge is 2.35. The summed E-state index contributed by atoms with van der Waals surface area (Å²) in [7, 11) is 0. The normalized spacial score (nSPS) is 26.7. The molecular weight excluding hydrogens is 316 g/mol. The van der Waals surface area contributed by atoms with Crippen molar-refractivity contribution >= 4 is 17.1 Å². The lowest BCUT2D eigenvalue weighted by atomic mass is 9.69. The Morgan fingerprint density at radius 3 is 2.40 bits per heavy atom. The second kappa shape index (κ2) is 5.58. The molecule has 1 fully saturated rings. The molecule has 4 aliphatic carbocycles. The van der Waals surface area contributed by atoms with Gasteiger partial charge in [0.2, 0.25) is 0 Å². The fourth-order valence-electron chi connectivity index (χ4n) is 4.42. The van der Waals surface area contributed by atoms with Crippen LogP contribution in [0, 0.1) is 11.8 Å². The lowest BCUT2D eigenvalue weighted by molar-refractivity contribution is 0.0469. The highest BCUT2D eigenvalue weighted by atomic mass is 16.5. The predicted molar refractivity (Wildman–Crippen MR) is 93.2 cm³/mol. The molecule has 1 aromatic heterocycles. The summed E-state index contributed by atoms with van der Waals surface area (Å²) >= 11 is 0. The van der Waals surface area contributed by atoms with Crippen LogP contribution in [0.15, 0.2) is 39.6 Å². The molecule has 0 amide bonds. The van der Waals surface area contributed by atoms with Gasteiger partial charge in [0, 0.05) is 11.3 Å². The fraction of sp³-hybridized carbons (Fsp3) is 0.429. The van der Waals surface area contributed by atoms with Gasteiger partial charge in [0.1, 0.15) is 11.5 Å². The summed E-state index contributed by atoms with van der Waals surface area (Å²) < 4.78 is 11.1. The predicted octanol–water partition coefficient (Wildman–Crippen LogP) is 2.21. The van der Waals surface area contributed by atoms with Crippen LogP contribution in [0.1, 0.15) is 48.9 Å². The van der Waals surface area contributed by atoms with Gasteiger partial charge in [0.15, 0.2) is 0 Å². The third-order valence-corrected chi connectivity index (χ3v) is 5.70. The van der Waals surface area contributed by atoms with Crippen molar-refractivity contribution in [2.45, 2.75) is 44.6 Å². The molecular formula is C21H20O4. The van der Waals surface area contributed by atoms with Crippen molar-refractivity contribution in [3.8, 4) is 0 Å². The average molecular weight is 336 g/mol. The van der Waals surface area contributed by atoms with E-state index in [9.17, 15) is 9.59 Å². The molecule has 0 N–H and O–H groups in total. The number of hydrogen-bond acceptors (Lipinski definition) is 4. The van der Waals surface area contributed by atoms with Crippen LogP contribution in [-0.2, 0) is 4.74 Å². The number of rotatable bonds is 2. The van der Waals surface area contributed by atoms with Gasteiger partial charge in [-0.2, -0.15) is 0 Å². The quantitative estimate of drug-likeness (QED) is 0.777. The van der Waals surface area contributed by atoms with Crippen LogP contribution in [0.5, 0.6) is 0 Å². The van der Waals surface area contributed by atoms with Crippen molar-refractivity contribution in [1.29, 1.82) is 0 Å². The van der Waals surface area contributed by atoms with Gasteiger partial charge in [-0.15, -0.1) is 0 Å². The van der Waals surface area contributed by atoms with Gasteiger partial charge in [0.25, 0.3) is 0 Å². The number of allylic oxidation sites excluding steroid dienone is 4. The molecule has 0 spiro atoms. The van der Waals surface area contributed by atoms with E-state index in [-0.39, 0.29) is 6.10 Å². The summed E-state index contributed by atoms with van der Waals surface area (Å²) in [5.41, 5.74) is 2.68. The van der Waals surface area contributed by atoms with Gasteiger partial charge >= 0.3 is 11.6 Å². The molecule has 4 aliphatic rings. The van der Waals surface area contributed by atoms with E-state index in [1.807, 2.05) is 0 Å². The third kappa shape index (κ3) is 2.43. The van der Waals surface area contributed by atoms with Gasteiger partial charge < -0.3 is 9.15 Å².